The van der Waals surface area contributed by atoms with Gasteiger partial charge in [0, 0.05) is 47.0 Å². The van der Waals surface area contributed by atoms with Crippen molar-refractivity contribution < 1.29 is 9.47 Å². The van der Waals surface area contributed by atoms with Gasteiger partial charge in [0.2, 0.25) is 0 Å². The van der Waals surface area contributed by atoms with E-state index in [1.54, 1.807) is 14.2 Å². The van der Waals surface area contributed by atoms with Gasteiger partial charge < -0.3 is 30.3 Å². The molecule has 3 rings (SSSR count). The van der Waals surface area contributed by atoms with Crippen LogP contribution in [0.3, 0.4) is 0 Å². The molecule has 0 bridgehead atoms. The number of fused-ring (bicyclic) bond motifs is 1. The summed E-state index contributed by atoms with van der Waals surface area (Å²) in [5.74, 6) is 1.56. The zero-order valence-electron chi connectivity index (χ0n) is 23.1. The number of methoxy groups -OCH3 is 2. The predicted molar refractivity (Wildman–Crippen MR) is 158 cm³/mol. The highest BCUT2D eigenvalue weighted by Gasteiger charge is 2.28. The molecule has 0 saturated carbocycles. The molecule has 0 aliphatic carbocycles. The van der Waals surface area contributed by atoms with Crippen molar-refractivity contribution in [1.29, 1.82) is 0 Å². The number of unbranched alkanes of at least 4 members (excludes halogenated alkanes) is 3. The number of anilines is 1. The smallest absolute Gasteiger partial charge is 0.127 e. The van der Waals surface area contributed by atoms with E-state index in [2.05, 4.69) is 75.6 Å². The molecule has 1 unspecified atom stereocenters. The van der Waals surface area contributed by atoms with Gasteiger partial charge in [-0.1, -0.05) is 41.8 Å². The average Bonchev–Trinajstić information content (AvgIpc) is 2.89. The topological polar surface area (TPSA) is 75.0 Å². The first-order valence-electron chi connectivity index (χ1n) is 13.3. The number of benzene rings is 2. The minimum Gasteiger partial charge on any atom is -0.497 e. The third-order valence-corrected chi connectivity index (χ3v) is 7.24. The summed E-state index contributed by atoms with van der Waals surface area (Å²) in [6.07, 6.45) is 5.64. The molecule has 0 spiro atoms. The molecule has 2 aromatic rings. The Hall–Kier alpha value is -2.42. The van der Waals surface area contributed by atoms with E-state index in [1.165, 1.54) is 12.8 Å². The summed E-state index contributed by atoms with van der Waals surface area (Å²) in [6.45, 7) is 5.92. The molecular formula is C29H44BrN5O2. The second-order valence-corrected chi connectivity index (χ2v) is 10.8. The highest BCUT2D eigenvalue weighted by atomic mass is 79.9. The molecule has 204 valence electrons. The van der Waals surface area contributed by atoms with Crippen molar-refractivity contribution in [3.05, 3.63) is 57.7 Å². The number of nitrogens with zero attached hydrogens (tertiary/aromatic N) is 2. The van der Waals surface area contributed by atoms with Crippen molar-refractivity contribution in [1.82, 2.24) is 15.1 Å². The van der Waals surface area contributed by atoms with E-state index in [-0.39, 0.29) is 6.17 Å². The van der Waals surface area contributed by atoms with Gasteiger partial charge in [0.05, 0.1) is 25.6 Å². The maximum Gasteiger partial charge on any atom is 0.127 e. The number of rotatable bonds is 15. The van der Waals surface area contributed by atoms with Crippen molar-refractivity contribution in [2.75, 3.05) is 53.3 Å². The lowest BCUT2D eigenvalue weighted by Gasteiger charge is -2.37. The fourth-order valence-electron chi connectivity index (χ4n) is 4.71. The van der Waals surface area contributed by atoms with E-state index in [1.807, 2.05) is 18.2 Å². The van der Waals surface area contributed by atoms with Crippen LogP contribution < -0.4 is 25.8 Å². The highest BCUT2D eigenvalue weighted by molar-refractivity contribution is 9.10. The average molecular weight is 575 g/mol. The summed E-state index contributed by atoms with van der Waals surface area (Å²) in [5, 5.41) is 7.25. The summed E-state index contributed by atoms with van der Waals surface area (Å²) in [7, 11) is 7.61. The molecule has 0 amide bonds. The lowest BCUT2D eigenvalue weighted by molar-refractivity contribution is 0.342. The molecule has 4 N–H and O–H groups in total. The SMILES string of the molecule is CCCCCN(CCCCN(C)C)C1=C(N)C(NCc2ccc(OC)cc2OC)Nc2ccc(Br)cc21. The summed E-state index contributed by atoms with van der Waals surface area (Å²) < 4.78 is 12.0. The minimum atomic E-state index is -0.203. The summed E-state index contributed by atoms with van der Waals surface area (Å²) in [6, 6.07) is 12.3. The van der Waals surface area contributed by atoms with E-state index in [9.17, 15) is 0 Å². The molecule has 7 nitrogen and oxygen atoms in total. The molecule has 1 atom stereocenters. The molecule has 1 aliphatic heterocycles. The van der Waals surface area contributed by atoms with Crippen LogP contribution in [0.1, 0.15) is 50.2 Å². The third kappa shape index (κ3) is 8.03. The van der Waals surface area contributed by atoms with Crippen LogP contribution in [0.2, 0.25) is 0 Å². The molecule has 1 aliphatic rings. The van der Waals surface area contributed by atoms with E-state index >= 15 is 0 Å². The van der Waals surface area contributed by atoms with E-state index < -0.39 is 0 Å². The lowest BCUT2D eigenvalue weighted by atomic mass is 10.00. The van der Waals surface area contributed by atoms with Crippen molar-refractivity contribution in [2.24, 2.45) is 5.73 Å². The number of hydrogen-bond acceptors (Lipinski definition) is 7. The van der Waals surface area contributed by atoms with Crippen LogP contribution in [0.15, 0.2) is 46.6 Å². The highest BCUT2D eigenvalue weighted by Crippen LogP contribution is 2.36. The van der Waals surface area contributed by atoms with Gasteiger partial charge in [0.1, 0.15) is 17.7 Å². The predicted octanol–water partition coefficient (Wildman–Crippen LogP) is 5.47. The fourth-order valence-corrected chi connectivity index (χ4v) is 5.07. The van der Waals surface area contributed by atoms with Gasteiger partial charge in [-0.3, -0.25) is 5.32 Å². The Labute approximate surface area is 231 Å². The van der Waals surface area contributed by atoms with Crippen molar-refractivity contribution in [2.45, 2.75) is 51.7 Å². The Morgan fingerprint density at radius 3 is 2.38 bits per heavy atom. The summed E-state index contributed by atoms with van der Waals surface area (Å²) >= 11 is 3.68. The van der Waals surface area contributed by atoms with Gasteiger partial charge in [0.25, 0.3) is 0 Å². The molecule has 0 fully saturated rings. The molecule has 2 aromatic carbocycles. The van der Waals surface area contributed by atoms with Gasteiger partial charge in [-0.05, 0) is 64.2 Å². The zero-order chi connectivity index (χ0) is 26.8. The van der Waals surface area contributed by atoms with Crippen molar-refractivity contribution >= 4 is 27.3 Å². The summed E-state index contributed by atoms with van der Waals surface area (Å²) in [4.78, 5) is 4.76. The van der Waals surface area contributed by atoms with E-state index in [0.29, 0.717) is 6.54 Å². The maximum absolute atomic E-state index is 6.96. The second kappa shape index (κ2) is 14.5. The van der Waals surface area contributed by atoms with Crippen LogP contribution in [-0.2, 0) is 6.54 Å². The zero-order valence-corrected chi connectivity index (χ0v) is 24.7. The first kappa shape index (κ1) is 29.1. The largest absolute Gasteiger partial charge is 0.497 e. The molecule has 0 radical (unpaired) electrons. The van der Waals surface area contributed by atoms with Crippen molar-refractivity contribution in [3.63, 3.8) is 0 Å². The Balaban J connectivity index is 1.89. The Kier molecular flexibility index (Phi) is 11.4. The Bertz CT molecular complexity index is 1040. The quantitative estimate of drug-likeness (QED) is 0.244. The Morgan fingerprint density at radius 1 is 0.973 bits per heavy atom. The maximum atomic E-state index is 6.96. The molecule has 8 heteroatoms. The molecule has 37 heavy (non-hydrogen) atoms. The minimum absolute atomic E-state index is 0.203. The van der Waals surface area contributed by atoms with Gasteiger partial charge in [-0.2, -0.15) is 0 Å². The number of hydrogen-bond donors (Lipinski definition) is 3. The number of nitrogens with two attached hydrogens (primary N) is 1. The number of nitrogens with one attached hydrogen (secondary N) is 2. The van der Waals surface area contributed by atoms with Crippen LogP contribution in [0.5, 0.6) is 11.5 Å². The standard InChI is InChI=1S/C29H44BrN5O2/c1-6-7-8-16-35(17-10-9-15-34(2)3)28-24-18-22(30)12-14-25(24)33-29(27(28)31)32-20-21-11-13-23(36-4)19-26(21)37-5/h11-14,18-19,29,32-33H,6-10,15-17,20,31H2,1-5H3. The van der Waals surface area contributed by atoms with Gasteiger partial charge in [0.15, 0.2) is 0 Å². The van der Waals surface area contributed by atoms with Crippen LogP contribution in [-0.4, -0.2) is 63.9 Å². The lowest BCUT2D eigenvalue weighted by Crippen LogP contribution is -2.45. The van der Waals surface area contributed by atoms with Crippen LogP contribution in [0.4, 0.5) is 5.69 Å². The normalized spacial score (nSPS) is 14.9. The Morgan fingerprint density at radius 2 is 1.70 bits per heavy atom. The van der Waals surface area contributed by atoms with Gasteiger partial charge in [-0.15, -0.1) is 0 Å². The second-order valence-electron chi connectivity index (χ2n) is 9.83. The fraction of sp³-hybridized carbons (Fsp3) is 0.517. The molecule has 0 aromatic heterocycles. The molecule has 0 saturated heterocycles. The molecule has 1 heterocycles. The molecular weight excluding hydrogens is 530 g/mol. The summed E-state index contributed by atoms with van der Waals surface area (Å²) in [5.41, 5.74) is 12.2. The first-order valence-corrected chi connectivity index (χ1v) is 14.1. The van der Waals surface area contributed by atoms with E-state index in [0.717, 1.165) is 83.1 Å². The van der Waals surface area contributed by atoms with Crippen LogP contribution in [0, 0.1) is 0 Å². The number of ether oxygens (including phenoxy) is 2. The van der Waals surface area contributed by atoms with Crippen LogP contribution >= 0.6 is 15.9 Å². The number of halogens is 1. The van der Waals surface area contributed by atoms with Gasteiger partial charge in [-0.25, -0.2) is 0 Å². The monoisotopic (exact) mass is 573 g/mol. The third-order valence-electron chi connectivity index (χ3n) is 6.74. The van der Waals surface area contributed by atoms with Crippen molar-refractivity contribution in [3.8, 4) is 11.5 Å². The first-order chi connectivity index (χ1) is 17.9. The van der Waals surface area contributed by atoms with Crippen LogP contribution in [0.25, 0.3) is 5.70 Å². The van der Waals surface area contributed by atoms with E-state index in [4.69, 9.17) is 15.2 Å². The van der Waals surface area contributed by atoms with Gasteiger partial charge >= 0.3 is 0 Å².